The Morgan fingerprint density at radius 1 is 1.00 bits per heavy atom. The summed E-state index contributed by atoms with van der Waals surface area (Å²) in [6, 6.07) is 0. The molecule has 4 saturated carbocycles. The maximum absolute atomic E-state index is 12.7. The Hall–Kier alpha value is -0.610. The molecule has 0 aromatic rings. The zero-order chi connectivity index (χ0) is 18.1. The standard InChI is InChI=1S/C22H36O4/c1-22(11-18-6-3-7-19(12-22)20(18)23)21(24)26-14-25-13-17-9-15-4-2-5-16(8-15)10-17/h15-20,23H,2-14H2,1H3. The van der Waals surface area contributed by atoms with E-state index < -0.39 is 5.41 Å². The molecule has 4 unspecified atom stereocenters. The number of aliphatic hydroxyl groups excluding tert-OH is 1. The first-order chi connectivity index (χ1) is 12.5. The zero-order valence-electron chi connectivity index (χ0n) is 16.3. The molecule has 4 fully saturated rings. The lowest BCUT2D eigenvalue weighted by Gasteiger charge is -2.47. The molecule has 0 amide bonds. The van der Waals surface area contributed by atoms with Crippen molar-refractivity contribution in [2.24, 2.45) is 35.0 Å². The van der Waals surface area contributed by atoms with Gasteiger partial charge in [0.15, 0.2) is 6.79 Å². The lowest BCUT2D eigenvalue weighted by atomic mass is 9.60. The maximum atomic E-state index is 12.7. The van der Waals surface area contributed by atoms with Crippen LogP contribution >= 0.6 is 0 Å². The summed E-state index contributed by atoms with van der Waals surface area (Å²) in [5.41, 5.74) is -0.444. The second-order valence-corrected chi connectivity index (χ2v) is 10.1. The largest absolute Gasteiger partial charge is 0.438 e. The molecule has 4 aliphatic carbocycles. The number of rotatable bonds is 5. The van der Waals surface area contributed by atoms with Crippen molar-refractivity contribution < 1.29 is 19.4 Å². The van der Waals surface area contributed by atoms with E-state index in [2.05, 4.69) is 0 Å². The van der Waals surface area contributed by atoms with Crippen LogP contribution in [0.25, 0.3) is 0 Å². The van der Waals surface area contributed by atoms with Gasteiger partial charge in [0.05, 0.1) is 18.1 Å². The maximum Gasteiger partial charge on any atom is 0.313 e. The van der Waals surface area contributed by atoms with E-state index >= 15 is 0 Å². The average Bonchev–Trinajstić information content (AvgIpc) is 2.60. The van der Waals surface area contributed by atoms with E-state index in [4.69, 9.17) is 9.47 Å². The Labute approximate surface area is 158 Å². The second-order valence-electron chi connectivity index (χ2n) is 10.1. The van der Waals surface area contributed by atoms with Crippen molar-refractivity contribution in [3.63, 3.8) is 0 Å². The van der Waals surface area contributed by atoms with Crippen LogP contribution in [-0.2, 0) is 14.3 Å². The van der Waals surface area contributed by atoms with Crippen molar-refractivity contribution in [1.82, 2.24) is 0 Å². The topological polar surface area (TPSA) is 55.8 Å². The summed E-state index contributed by atoms with van der Waals surface area (Å²) in [5.74, 6) is 2.88. The molecule has 26 heavy (non-hydrogen) atoms. The van der Waals surface area contributed by atoms with Crippen molar-refractivity contribution in [2.45, 2.75) is 83.7 Å². The first-order valence-electron chi connectivity index (χ1n) is 11.0. The molecule has 0 radical (unpaired) electrons. The van der Waals surface area contributed by atoms with E-state index in [1.807, 2.05) is 6.92 Å². The second kappa shape index (κ2) is 7.79. The molecule has 0 spiro atoms. The van der Waals surface area contributed by atoms with Gasteiger partial charge in [-0.15, -0.1) is 0 Å². The lowest BCUT2D eigenvalue weighted by molar-refractivity contribution is -0.178. The van der Waals surface area contributed by atoms with E-state index in [0.29, 0.717) is 5.92 Å². The van der Waals surface area contributed by atoms with Gasteiger partial charge in [-0.2, -0.15) is 0 Å². The van der Waals surface area contributed by atoms with Gasteiger partial charge in [-0.3, -0.25) is 4.79 Å². The predicted octanol–water partition coefficient (Wildman–Crippen LogP) is 4.30. The van der Waals surface area contributed by atoms with E-state index in [1.165, 1.54) is 44.9 Å². The number of carbonyl (C=O) groups excluding carboxylic acids is 1. The number of ether oxygens (including phenoxy) is 2. The summed E-state index contributed by atoms with van der Waals surface area (Å²) in [5, 5.41) is 10.4. The van der Waals surface area contributed by atoms with Crippen LogP contribution in [0.4, 0.5) is 0 Å². The fraction of sp³-hybridized carbons (Fsp3) is 0.955. The van der Waals surface area contributed by atoms with Gasteiger partial charge in [0.1, 0.15) is 0 Å². The Morgan fingerprint density at radius 3 is 2.27 bits per heavy atom. The molecule has 0 aromatic heterocycles. The summed E-state index contributed by atoms with van der Waals surface area (Å²) >= 11 is 0. The average molecular weight is 365 g/mol. The number of fused-ring (bicyclic) bond motifs is 4. The van der Waals surface area contributed by atoms with Crippen LogP contribution in [0.15, 0.2) is 0 Å². The minimum Gasteiger partial charge on any atom is -0.438 e. The highest BCUT2D eigenvalue weighted by atomic mass is 16.7. The van der Waals surface area contributed by atoms with Crippen LogP contribution in [0, 0.1) is 35.0 Å². The van der Waals surface area contributed by atoms with Crippen LogP contribution in [0.2, 0.25) is 0 Å². The molecule has 4 nitrogen and oxygen atoms in total. The van der Waals surface area contributed by atoms with E-state index in [0.717, 1.165) is 44.1 Å². The van der Waals surface area contributed by atoms with Gasteiger partial charge in [0.2, 0.25) is 0 Å². The normalized spacial score (nSPS) is 45.2. The van der Waals surface area contributed by atoms with Gasteiger partial charge in [0, 0.05) is 0 Å². The molecule has 0 heterocycles. The summed E-state index contributed by atoms with van der Waals surface area (Å²) in [4.78, 5) is 12.7. The fourth-order valence-corrected chi connectivity index (χ4v) is 6.71. The number of hydrogen-bond acceptors (Lipinski definition) is 4. The third-order valence-corrected chi connectivity index (χ3v) is 7.89. The van der Waals surface area contributed by atoms with Gasteiger partial charge in [-0.05, 0) is 81.5 Å². The Kier molecular flexibility index (Phi) is 5.61. The number of esters is 1. The predicted molar refractivity (Wildman–Crippen MR) is 99.3 cm³/mol. The SMILES string of the molecule is CC1(C(=O)OCOCC2CC3CCCC(C3)C2)CC2CCCC(C1)C2O. The molecule has 4 atom stereocenters. The van der Waals surface area contributed by atoms with E-state index in [-0.39, 0.29) is 30.7 Å². The zero-order valence-corrected chi connectivity index (χ0v) is 16.3. The molecular formula is C22H36O4. The quantitative estimate of drug-likeness (QED) is 0.449. The van der Waals surface area contributed by atoms with Gasteiger partial charge in [-0.1, -0.05) is 25.7 Å². The van der Waals surface area contributed by atoms with Crippen molar-refractivity contribution in [2.75, 3.05) is 13.4 Å². The molecule has 4 rings (SSSR count). The van der Waals surface area contributed by atoms with Crippen molar-refractivity contribution in [3.05, 3.63) is 0 Å². The van der Waals surface area contributed by atoms with Crippen molar-refractivity contribution in [1.29, 1.82) is 0 Å². The molecule has 1 N–H and O–H groups in total. The number of carbonyl (C=O) groups is 1. The summed E-state index contributed by atoms with van der Waals surface area (Å²) < 4.78 is 11.3. The summed E-state index contributed by atoms with van der Waals surface area (Å²) in [7, 11) is 0. The highest BCUT2D eigenvalue weighted by molar-refractivity contribution is 5.76. The molecule has 4 bridgehead atoms. The fourth-order valence-electron chi connectivity index (χ4n) is 6.71. The highest BCUT2D eigenvalue weighted by Gasteiger charge is 2.49. The summed E-state index contributed by atoms with van der Waals surface area (Å²) in [6.45, 7) is 2.86. The molecular weight excluding hydrogens is 328 g/mol. The first kappa shape index (κ1) is 18.7. The van der Waals surface area contributed by atoms with E-state index in [1.54, 1.807) is 0 Å². The molecule has 0 aliphatic heterocycles. The van der Waals surface area contributed by atoms with Crippen molar-refractivity contribution >= 4 is 5.97 Å². The molecule has 148 valence electrons. The van der Waals surface area contributed by atoms with Gasteiger partial charge >= 0.3 is 5.97 Å². The number of aliphatic hydroxyl groups is 1. The Balaban J connectivity index is 1.20. The van der Waals surface area contributed by atoms with Gasteiger partial charge in [0.25, 0.3) is 0 Å². The molecule has 4 aliphatic rings. The van der Waals surface area contributed by atoms with Crippen LogP contribution in [0.3, 0.4) is 0 Å². The minimum absolute atomic E-state index is 0.0954. The third-order valence-electron chi connectivity index (χ3n) is 7.89. The van der Waals surface area contributed by atoms with Crippen LogP contribution in [0.5, 0.6) is 0 Å². The monoisotopic (exact) mass is 364 g/mol. The van der Waals surface area contributed by atoms with Gasteiger partial charge in [-0.25, -0.2) is 0 Å². The minimum atomic E-state index is -0.444. The summed E-state index contributed by atoms with van der Waals surface area (Å²) in [6.07, 6.45) is 12.8. The van der Waals surface area contributed by atoms with E-state index in [9.17, 15) is 9.90 Å². The lowest BCUT2D eigenvalue weighted by Crippen LogP contribution is -2.48. The van der Waals surface area contributed by atoms with Crippen LogP contribution in [-0.4, -0.2) is 30.6 Å². The molecule has 0 aromatic carbocycles. The number of hydrogen-bond donors (Lipinski definition) is 1. The third kappa shape index (κ3) is 3.96. The Bertz CT molecular complexity index is 478. The van der Waals surface area contributed by atoms with Crippen molar-refractivity contribution in [3.8, 4) is 0 Å². The van der Waals surface area contributed by atoms with Crippen LogP contribution < -0.4 is 0 Å². The molecule has 0 saturated heterocycles. The van der Waals surface area contributed by atoms with Gasteiger partial charge < -0.3 is 14.6 Å². The Morgan fingerprint density at radius 2 is 1.62 bits per heavy atom. The highest BCUT2D eigenvalue weighted by Crippen LogP contribution is 2.49. The van der Waals surface area contributed by atoms with Crippen LogP contribution in [0.1, 0.15) is 77.6 Å². The smallest absolute Gasteiger partial charge is 0.313 e. The molecule has 4 heteroatoms. The first-order valence-corrected chi connectivity index (χ1v) is 11.0.